The maximum absolute atomic E-state index is 3.81. The second kappa shape index (κ2) is 5.03. The van der Waals surface area contributed by atoms with Gasteiger partial charge in [0.05, 0.1) is 6.34 Å². The number of nitrogens with zero attached hydrogens (tertiary/aromatic N) is 1. The molecular weight excluding hydrogens is 124 g/mol. The highest BCUT2D eigenvalue weighted by molar-refractivity contribution is 5.54. The van der Waals surface area contributed by atoms with Crippen LogP contribution in [0.3, 0.4) is 0 Å². The summed E-state index contributed by atoms with van der Waals surface area (Å²) in [7, 11) is 1.75. The van der Waals surface area contributed by atoms with Crippen LogP contribution in [0.15, 0.2) is 16.1 Å². The molecule has 58 valence electrons. The van der Waals surface area contributed by atoms with Crippen molar-refractivity contribution in [1.29, 1.82) is 0 Å². The van der Waals surface area contributed by atoms with E-state index in [2.05, 4.69) is 31.1 Å². The number of allylic oxidation sites excluding steroid dienone is 1. The molecule has 0 aliphatic heterocycles. The minimum Gasteiger partial charge on any atom is -0.373 e. The lowest BCUT2D eigenvalue weighted by molar-refractivity contribution is 0.976. The molecule has 0 rings (SSSR count). The van der Waals surface area contributed by atoms with E-state index in [0.29, 0.717) is 0 Å². The molecule has 0 unspecified atom stereocenters. The summed E-state index contributed by atoms with van der Waals surface area (Å²) in [5.74, 6) is 0. The van der Waals surface area contributed by atoms with Crippen molar-refractivity contribution in [1.82, 2.24) is 5.32 Å². The molecule has 0 heterocycles. The van der Waals surface area contributed by atoms with Gasteiger partial charge in [-0.3, -0.25) is 4.99 Å². The summed E-state index contributed by atoms with van der Waals surface area (Å²) in [4.78, 5) is 3.81. The van der Waals surface area contributed by atoms with Gasteiger partial charge in [0.2, 0.25) is 0 Å². The van der Waals surface area contributed by atoms with Gasteiger partial charge in [-0.2, -0.15) is 0 Å². The Kier molecular flexibility index (Phi) is 4.63. The van der Waals surface area contributed by atoms with Gasteiger partial charge in [0.1, 0.15) is 0 Å². The fraction of sp³-hybridized carbons (Fsp3) is 0.625. The van der Waals surface area contributed by atoms with E-state index >= 15 is 0 Å². The van der Waals surface area contributed by atoms with Gasteiger partial charge >= 0.3 is 0 Å². The molecule has 0 saturated carbocycles. The zero-order valence-electron chi connectivity index (χ0n) is 7.23. The predicted octanol–water partition coefficient (Wildman–Crippen LogP) is 1.59. The second-order valence-electron chi connectivity index (χ2n) is 2.55. The number of aliphatic imine (C=N–C) groups is 1. The summed E-state index contributed by atoms with van der Waals surface area (Å²) in [6, 6.07) is 0. The fourth-order valence-electron chi connectivity index (χ4n) is 0.467. The molecule has 0 aromatic rings. The number of nitrogens with one attached hydrogen (secondary N) is 1. The first kappa shape index (κ1) is 9.21. The van der Waals surface area contributed by atoms with Crippen LogP contribution in [0.4, 0.5) is 0 Å². The van der Waals surface area contributed by atoms with Gasteiger partial charge in [-0.05, 0) is 20.8 Å². The second-order valence-corrected chi connectivity index (χ2v) is 2.55. The summed E-state index contributed by atoms with van der Waals surface area (Å²) in [5, 5.41) is 3.07. The van der Waals surface area contributed by atoms with Crippen molar-refractivity contribution < 1.29 is 0 Å². The smallest absolute Gasteiger partial charge is 0.0822 e. The zero-order valence-corrected chi connectivity index (χ0v) is 7.23. The van der Waals surface area contributed by atoms with Crippen LogP contribution in [0.1, 0.15) is 20.8 Å². The normalized spacial score (nSPS) is 10.0. The zero-order chi connectivity index (χ0) is 7.98. The molecule has 2 heteroatoms. The lowest BCUT2D eigenvalue weighted by Gasteiger charge is -2.01. The first-order chi connectivity index (χ1) is 4.68. The van der Waals surface area contributed by atoms with Gasteiger partial charge in [0, 0.05) is 13.6 Å². The van der Waals surface area contributed by atoms with E-state index in [4.69, 9.17) is 0 Å². The number of hydrogen-bond donors (Lipinski definition) is 1. The highest BCUT2D eigenvalue weighted by Crippen LogP contribution is 1.98. The fourth-order valence-corrected chi connectivity index (χ4v) is 0.467. The summed E-state index contributed by atoms with van der Waals surface area (Å²) < 4.78 is 0. The molecule has 1 N–H and O–H groups in total. The van der Waals surface area contributed by atoms with Gasteiger partial charge < -0.3 is 5.32 Å². The average Bonchev–Trinajstić information content (AvgIpc) is 1.88. The molecule has 0 spiro atoms. The van der Waals surface area contributed by atoms with Gasteiger partial charge in [-0.1, -0.05) is 11.1 Å². The minimum absolute atomic E-state index is 0.902. The molecule has 0 amide bonds. The number of hydrogen-bond acceptors (Lipinski definition) is 1. The summed E-state index contributed by atoms with van der Waals surface area (Å²) in [5.41, 5.74) is 2.75. The molecule has 0 fully saturated rings. The van der Waals surface area contributed by atoms with Crippen LogP contribution in [0.5, 0.6) is 0 Å². The summed E-state index contributed by atoms with van der Waals surface area (Å²) in [6.45, 7) is 7.24. The van der Waals surface area contributed by atoms with Crippen LogP contribution in [-0.2, 0) is 0 Å². The highest BCUT2D eigenvalue weighted by Gasteiger charge is 1.87. The van der Waals surface area contributed by atoms with Crippen molar-refractivity contribution >= 4 is 6.34 Å². The van der Waals surface area contributed by atoms with Gasteiger partial charge in [0.25, 0.3) is 0 Å². The van der Waals surface area contributed by atoms with E-state index in [0.717, 1.165) is 6.54 Å². The topological polar surface area (TPSA) is 24.4 Å². The van der Waals surface area contributed by atoms with Crippen molar-refractivity contribution in [3.8, 4) is 0 Å². The molecule has 0 bridgehead atoms. The Bertz CT molecular complexity index is 141. The molecule has 0 aromatic heterocycles. The Hall–Kier alpha value is -0.790. The Morgan fingerprint density at radius 2 is 2.00 bits per heavy atom. The van der Waals surface area contributed by atoms with Crippen LogP contribution >= 0.6 is 0 Å². The third-order valence-corrected chi connectivity index (χ3v) is 1.44. The van der Waals surface area contributed by atoms with Gasteiger partial charge in [0.15, 0.2) is 0 Å². The molecular formula is C8H16N2. The van der Waals surface area contributed by atoms with Crippen molar-refractivity contribution in [2.75, 3.05) is 13.6 Å². The molecule has 0 aromatic carbocycles. The maximum Gasteiger partial charge on any atom is 0.0822 e. The van der Waals surface area contributed by atoms with E-state index in [9.17, 15) is 0 Å². The Labute approximate surface area is 63.0 Å². The Balaban J connectivity index is 3.60. The van der Waals surface area contributed by atoms with Crippen molar-refractivity contribution in [3.05, 3.63) is 11.1 Å². The van der Waals surface area contributed by atoms with E-state index in [-0.39, 0.29) is 0 Å². The van der Waals surface area contributed by atoms with E-state index in [1.807, 2.05) is 0 Å². The van der Waals surface area contributed by atoms with Crippen LogP contribution in [-0.4, -0.2) is 19.9 Å². The van der Waals surface area contributed by atoms with Crippen LogP contribution in [0.25, 0.3) is 0 Å². The Morgan fingerprint density at radius 3 is 2.40 bits per heavy atom. The third kappa shape index (κ3) is 4.13. The van der Waals surface area contributed by atoms with Crippen molar-refractivity contribution in [2.45, 2.75) is 20.8 Å². The maximum atomic E-state index is 3.81. The van der Waals surface area contributed by atoms with Gasteiger partial charge in [-0.25, -0.2) is 0 Å². The molecule has 0 aliphatic carbocycles. The van der Waals surface area contributed by atoms with E-state index < -0.39 is 0 Å². The molecule has 0 saturated heterocycles. The molecule has 10 heavy (non-hydrogen) atoms. The molecule has 0 radical (unpaired) electrons. The largest absolute Gasteiger partial charge is 0.373 e. The quantitative estimate of drug-likeness (QED) is 0.359. The monoisotopic (exact) mass is 140 g/mol. The lowest BCUT2D eigenvalue weighted by Crippen LogP contribution is -2.13. The van der Waals surface area contributed by atoms with E-state index in [1.165, 1.54) is 11.1 Å². The SMILES string of the molecule is CN=CNCC(C)=C(C)C. The van der Waals surface area contributed by atoms with Crippen molar-refractivity contribution in [3.63, 3.8) is 0 Å². The summed E-state index contributed by atoms with van der Waals surface area (Å²) >= 11 is 0. The van der Waals surface area contributed by atoms with E-state index in [1.54, 1.807) is 13.4 Å². The van der Waals surface area contributed by atoms with Crippen LogP contribution < -0.4 is 5.32 Å². The first-order valence-electron chi connectivity index (χ1n) is 3.45. The molecule has 2 nitrogen and oxygen atoms in total. The number of rotatable bonds is 3. The lowest BCUT2D eigenvalue weighted by atomic mass is 10.2. The predicted molar refractivity (Wildman–Crippen MR) is 46.5 cm³/mol. The average molecular weight is 140 g/mol. The standard InChI is InChI=1S/C8H16N2/c1-7(2)8(3)5-10-6-9-4/h6H,5H2,1-4H3,(H,9,10). The third-order valence-electron chi connectivity index (χ3n) is 1.44. The molecule has 0 atom stereocenters. The first-order valence-corrected chi connectivity index (χ1v) is 3.45. The van der Waals surface area contributed by atoms with Crippen LogP contribution in [0.2, 0.25) is 0 Å². The summed E-state index contributed by atoms with van der Waals surface area (Å²) in [6.07, 6.45) is 1.71. The van der Waals surface area contributed by atoms with Crippen molar-refractivity contribution in [2.24, 2.45) is 4.99 Å². The minimum atomic E-state index is 0.902. The van der Waals surface area contributed by atoms with Gasteiger partial charge in [-0.15, -0.1) is 0 Å². The Morgan fingerprint density at radius 1 is 1.40 bits per heavy atom. The molecule has 0 aliphatic rings. The highest BCUT2D eigenvalue weighted by atomic mass is 14.9. The van der Waals surface area contributed by atoms with Crippen LogP contribution in [0, 0.1) is 0 Å².